The molecule has 26 heavy (non-hydrogen) atoms. The van der Waals surface area contributed by atoms with Gasteiger partial charge in [-0.15, -0.1) is 11.3 Å². The van der Waals surface area contributed by atoms with Crippen molar-refractivity contribution in [1.82, 2.24) is 19.7 Å². The molecule has 0 aliphatic rings. The van der Waals surface area contributed by atoms with E-state index in [9.17, 15) is 9.18 Å². The van der Waals surface area contributed by atoms with E-state index in [1.165, 1.54) is 20.5 Å². The number of hydrogen-bond donors (Lipinski definition) is 1. The zero-order chi connectivity index (χ0) is 18.7. The third-order valence-electron chi connectivity index (χ3n) is 3.83. The molecule has 1 N–H and O–H groups in total. The molecule has 0 spiro atoms. The van der Waals surface area contributed by atoms with Gasteiger partial charge in [-0.25, -0.2) is 18.9 Å². The fourth-order valence-corrected chi connectivity index (χ4v) is 3.31. The molecular formula is C18H20FN5OS. The number of rotatable bonds is 5. The maximum Gasteiger partial charge on any atom is 0.321 e. The van der Waals surface area contributed by atoms with Gasteiger partial charge in [0.2, 0.25) is 0 Å². The van der Waals surface area contributed by atoms with Gasteiger partial charge in [0.25, 0.3) is 0 Å². The van der Waals surface area contributed by atoms with E-state index in [4.69, 9.17) is 0 Å². The zero-order valence-electron chi connectivity index (χ0n) is 14.9. The first-order valence-electron chi connectivity index (χ1n) is 8.23. The van der Waals surface area contributed by atoms with Crippen LogP contribution in [0.4, 0.5) is 14.9 Å². The molecule has 0 fully saturated rings. The van der Waals surface area contributed by atoms with E-state index in [-0.39, 0.29) is 6.03 Å². The summed E-state index contributed by atoms with van der Waals surface area (Å²) in [5, 5.41) is 7.67. The number of carbonyl (C=O) groups excluding carboxylic acids is 1. The van der Waals surface area contributed by atoms with Crippen molar-refractivity contribution < 1.29 is 9.18 Å². The number of aryl methyl sites for hydroxylation is 2. The van der Waals surface area contributed by atoms with Crippen LogP contribution in [-0.4, -0.2) is 32.7 Å². The Morgan fingerprint density at radius 2 is 2.19 bits per heavy atom. The predicted molar refractivity (Wildman–Crippen MR) is 100 cm³/mol. The van der Waals surface area contributed by atoms with Gasteiger partial charge >= 0.3 is 6.03 Å². The summed E-state index contributed by atoms with van der Waals surface area (Å²) in [7, 11) is 1.68. The minimum absolute atomic E-state index is 0.319. The SMILES string of the molecule is CCc1cnc(CN(C)C(=O)Nc2ccc(-n3cc(C)cn3)c(F)c2)s1. The van der Waals surface area contributed by atoms with Crippen LogP contribution in [0.25, 0.3) is 5.69 Å². The Hall–Kier alpha value is -2.74. The second-order valence-corrected chi connectivity index (χ2v) is 7.19. The van der Waals surface area contributed by atoms with Gasteiger partial charge in [0.1, 0.15) is 10.7 Å². The molecule has 6 nitrogen and oxygen atoms in total. The van der Waals surface area contributed by atoms with E-state index >= 15 is 0 Å². The molecule has 0 saturated carbocycles. The van der Waals surface area contributed by atoms with E-state index in [1.807, 2.05) is 13.1 Å². The Bertz CT molecular complexity index is 920. The summed E-state index contributed by atoms with van der Waals surface area (Å²) >= 11 is 1.59. The highest BCUT2D eigenvalue weighted by atomic mass is 32.1. The number of benzene rings is 1. The standard InChI is InChI=1S/C18H20FN5OS/c1-4-14-9-20-17(26-14)11-23(3)18(25)22-13-5-6-16(15(19)7-13)24-10-12(2)8-21-24/h5-10H,4,11H2,1-3H3,(H,22,25). The summed E-state index contributed by atoms with van der Waals surface area (Å²) in [6, 6.07) is 4.21. The third-order valence-corrected chi connectivity index (χ3v) is 4.95. The quantitative estimate of drug-likeness (QED) is 0.735. The van der Waals surface area contributed by atoms with Gasteiger partial charge in [0.15, 0.2) is 5.82 Å². The van der Waals surface area contributed by atoms with Crippen molar-refractivity contribution in [3.63, 3.8) is 0 Å². The lowest BCUT2D eigenvalue weighted by Gasteiger charge is -2.17. The summed E-state index contributed by atoms with van der Waals surface area (Å²) in [5.41, 5.74) is 1.66. The molecule has 8 heteroatoms. The Morgan fingerprint density at radius 3 is 2.81 bits per heavy atom. The molecule has 0 unspecified atom stereocenters. The summed E-state index contributed by atoms with van der Waals surface area (Å²) in [6.45, 7) is 4.36. The lowest BCUT2D eigenvalue weighted by atomic mass is 10.2. The minimum Gasteiger partial charge on any atom is -0.321 e. The number of carbonyl (C=O) groups is 1. The average Bonchev–Trinajstić information content (AvgIpc) is 3.23. The Labute approximate surface area is 155 Å². The number of urea groups is 1. The molecule has 0 bridgehead atoms. The van der Waals surface area contributed by atoms with Gasteiger partial charge in [-0.1, -0.05) is 6.92 Å². The van der Waals surface area contributed by atoms with Crippen LogP contribution in [0, 0.1) is 12.7 Å². The maximum absolute atomic E-state index is 14.4. The second-order valence-electron chi connectivity index (χ2n) is 5.99. The smallest absolute Gasteiger partial charge is 0.321 e. The fourth-order valence-electron chi connectivity index (χ4n) is 2.39. The number of anilines is 1. The van der Waals surface area contributed by atoms with E-state index in [1.54, 1.807) is 42.9 Å². The first kappa shape index (κ1) is 18.1. The molecule has 2 amide bonds. The van der Waals surface area contributed by atoms with Crippen molar-refractivity contribution in [3.05, 3.63) is 58.1 Å². The van der Waals surface area contributed by atoms with Gasteiger partial charge in [0.05, 0.1) is 12.7 Å². The molecular weight excluding hydrogens is 353 g/mol. The van der Waals surface area contributed by atoms with Crippen LogP contribution in [0.3, 0.4) is 0 Å². The van der Waals surface area contributed by atoms with Crippen molar-refractivity contribution in [2.45, 2.75) is 26.8 Å². The third kappa shape index (κ3) is 4.08. The number of hydrogen-bond acceptors (Lipinski definition) is 4. The van der Waals surface area contributed by atoms with Crippen LogP contribution >= 0.6 is 11.3 Å². The molecule has 0 radical (unpaired) electrons. The number of thiazole rings is 1. The monoisotopic (exact) mass is 373 g/mol. The van der Waals surface area contributed by atoms with Gasteiger partial charge in [-0.3, -0.25) is 0 Å². The van der Waals surface area contributed by atoms with E-state index in [0.29, 0.717) is 17.9 Å². The molecule has 0 atom stereocenters. The Balaban J connectivity index is 1.66. The number of nitrogens with zero attached hydrogens (tertiary/aromatic N) is 4. The molecule has 0 aliphatic carbocycles. The van der Waals surface area contributed by atoms with Crippen LogP contribution in [0.5, 0.6) is 0 Å². The van der Waals surface area contributed by atoms with Crippen LogP contribution < -0.4 is 5.32 Å². The molecule has 0 saturated heterocycles. The van der Waals surface area contributed by atoms with Gasteiger partial charge in [-0.2, -0.15) is 5.10 Å². The minimum atomic E-state index is -0.457. The van der Waals surface area contributed by atoms with Gasteiger partial charge < -0.3 is 10.2 Å². The first-order chi connectivity index (χ1) is 12.5. The zero-order valence-corrected chi connectivity index (χ0v) is 15.7. The van der Waals surface area contributed by atoms with Crippen molar-refractivity contribution >= 4 is 23.1 Å². The van der Waals surface area contributed by atoms with Crippen molar-refractivity contribution in [1.29, 1.82) is 0 Å². The van der Waals surface area contributed by atoms with Gasteiger partial charge in [0, 0.05) is 30.0 Å². The van der Waals surface area contributed by atoms with Crippen LogP contribution in [-0.2, 0) is 13.0 Å². The van der Waals surface area contributed by atoms with E-state index < -0.39 is 5.82 Å². The maximum atomic E-state index is 14.4. The Kier molecular flexibility index (Phi) is 5.32. The van der Waals surface area contributed by atoms with Crippen molar-refractivity contribution in [3.8, 4) is 5.69 Å². The van der Waals surface area contributed by atoms with Crippen molar-refractivity contribution in [2.24, 2.45) is 0 Å². The normalized spacial score (nSPS) is 10.8. The fraction of sp³-hybridized carbons (Fsp3) is 0.278. The summed E-state index contributed by atoms with van der Waals surface area (Å²) < 4.78 is 15.8. The lowest BCUT2D eigenvalue weighted by Crippen LogP contribution is -2.30. The number of halogens is 1. The van der Waals surface area contributed by atoms with Crippen LogP contribution in [0.15, 0.2) is 36.8 Å². The highest BCUT2D eigenvalue weighted by Gasteiger charge is 2.13. The molecule has 2 heterocycles. The predicted octanol–water partition coefficient (Wildman–Crippen LogP) is 4.00. The summed E-state index contributed by atoms with van der Waals surface area (Å²) in [4.78, 5) is 19.3. The number of aromatic nitrogens is 3. The molecule has 136 valence electrons. The van der Waals surface area contributed by atoms with Crippen molar-refractivity contribution in [2.75, 3.05) is 12.4 Å². The Morgan fingerprint density at radius 1 is 1.38 bits per heavy atom. The van der Waals surface area contributed by atoms with Gasteiger partial charge in [-0.05, 0) is 37.1 Å². The summed E-state index contributed by atoms with van der Waals surface area (Å²) in [5.74, 6) is -0.457. The molecule has 3 rings (SSSR count). The molecule has 2 aromatic heterocycles. The van der Waals surface area contributed by atoms with Crippen LogP contribution in [0.2, 0.25) is 0 Å². The first-order valence-corrected chi connectivity index (χ1v) is 9.04. The average molecular weight is 373 g/mol. The van der Waals surface area contributed by atoms with E-state index in [2.05, 4.69) is 22.3 Å². The highest BCUT2D eigenvalue weighted by molar-refractivity contribution is 7.11. The molecule has 0 aliphatic heterocycles. The number of nitrogens with one attached hydrogen (secondary N) is 1. The highest BCUT2D eigenvalue weighted by Crippen LogP contribution is 2.19. The van der Waals surface area contributed by atoms with E-state index in [0.717, 1.165) is 17.0 Å². The molecule has 3 aromatic rings. The topological polar surface area (TPSA) is 63.1 Å². The van der Waals surface area contributed by atoms with Crippen LogP contribution in [0.1, 0.15) is 22.4 Å². The lowest BCUT2D eigenvalue weighted by molar-refractivity contribution is 0.220. The number of amides is 2. The summed E-state index contributed by atoms with van der Waals surface area (Å²) in [6.07, 6.45) is 6.15. The second kappa shape index (κ2) is 7.65. The molecule has 1 aromatic carbocycles. The largest absolute Gasteiger partial charge is 0.321 e.